The van der Waals surface area contributed by atoms with Gasteiger partial charge < -0.3 is 15.8 Å². The van der Waals surface area contributed by atoms with Crippen molar-refractivity contribution in [3.05, 3.63) is 33.1 Å². The number of nitrogens with zero attached hydrogens (tertiary/aromatic N) is 2. The van der Waals surface area contributed by atoms with Gasteiger partial charge >= 0.3 is 7.12 Å². The van der Waals surface area contributed by atoms with Crippen molar-refractivity contribution < 1.29 is 10.0 Å². The van der Waals surface area contributed by atoms with E-state index in [9.17, 15) is 10.0 Å². The number of benzene rings is 1. The molecule has 5 N–H and O–H groups in total. The summed E-state index contributed by atoms with van der Waals surface area (Å²) in [5.74, 6) is 0.405. The van der Waals surface area contributed by atoms with Crippen LogP contribution in [0.3, 0.4) is 0 Å². The summed E-state index contributed by atoms with van der Waals surface area (Å²) < 4.78 is 0. The van der Waals surface area contributed by atoms with E-state index in [0.717, 1.165) is 0 Å². The molecule has 0 aliphatic carbocycles. The van der Waals surface area contributed by atoms with Gasteiger partial charge in [0.1, 0.15) is 5.82 Å². The molecule has 0 saturated carbocycles. The van der Waals surface area contributed by atoms with Gasteiger partial charge in [0.2, 0.25) is 5.13 Å². The van der Waals surface area contributed by atoms with Crippen molar-refractivity contribution >= 4 is 64.3 Å². The monoisotopic (exact) mass is 330 g/mol. The van der Waals surface area contributed by atoms with E-state index in [1.54, 1.807) is 11.4 Å². The Kier molecular flexibility index (Phi) is 4.84. The molecular formula is C10H9BCl2N4O2S. The minimum Gasteiger partial charge on any atom is -0.423 e. The van der Waals surface area contributed by atoms with E-state index in [2.05, 4.69) is 15.5 Å². The maximum absolute atomic E-state index is 9.22. The van der Waals surface area contributed by atoms with Crippen molar-refractivity contribution in [2.45, 2.75) is 0 Å². The third kappa shape index (κ3) is 3.41. The molecule has 0 spiro atoms. The third-order valence-corrected chi connectivity index (χ3v) is 3.82. The van der Waals surface area contributed by atoms with Crippen LogP contribution in [0.25, 0.3) is 0 Å². The molecule has 104 valence electrons. The highest BCUT2D eigenvalue weighted by molar-refractivity contribution is 7.14. The van der Waals surface area contributed by atoms with E-state index in [-0.39, 0.29) is 15.5 Å². The zero-order valence-corrected chi connectivity index (χ0v) is 12.2. The predicted molar refractivity (Wildman–Crippen MR) is 84.0 cm³/mol. The van der Waals surface area contributed by atoms with E-state index < -0.39 is 7.12 Å². The summed E-state index contributed by atoms with van der Waals surface area (Å²) in [6.07, 6.45) is 1.42. The van der Waals surface area contributed by atoms with Crippen molar-refractivity contribution in [1.82, 2.24) is 4.98 Å². The molecule has 0 aliphatic rings. The molecule has 0 radical (unpaired) electrons. The number of halogens is 2. The fraction of sp³-hybridized carbons (Fsp3) is 0. The molecule has 10 heteroatoms. The summed E-state index contributed by atoms with van der Waals surface area (Å²) in [5, 5.41) is 24.9. The molecule has 0 aliphatic heterocycles. The lowest BCUT2D eigenvalue weighted by Gasteiger charge is -2.07. The van der Waals surface area contributed by atoms with Gasteiger partial charge in [-0.3, -0.25) is 5.43 Å². The summed E-state index contributed by atoms with van der Waals surface area (Å²) in [7, 11) is -1.75. The number of nitrogens with two attached hydrogens (primary N) is 1. The van der Waals surface area contributed by atoms with Crippen molar-refractivity contribution in [3.8, 4) is 0 Å². The number of anilines is 2. The molecule has 2 rings (SSSR count). The van der Waals surface area contributed by atoms with Gasteiger partial charge in [0, 0.05) is 21.4 Å². The van der Waals surface area contributed by atoms with Gasteiger partial charge in [0.25, 0.3) is 0 Å². The summed E-state index contributed by atoms with van der Waals surface area (Å²) in [6.45, 7) is 0. The van der Waals surface area contributed by atoms with Crippen LogP contribution in [0.4, 0.5) is 10.9 Å². The summed E-state index contributed by atoms with van der Waals surface area (Å²) in [6, 6.07) is 3.11. The van der Waals surface area contributed by atoms with Gasteiger partial charge in [-0.25, -0.2) is 4.98 Å². The third-order valence-electron chi connectivity index (χ3n) is 2.30. The molecule has 0 unspecified atom stereocenters. The second-order valence-corrected chi connectivity index (χ2v) is 5.33. The average Bonchev–Trinajstić information content (AvgIpc) is 2.77. The lowest BCUT2D eigenvalue weighted by atomic mass is 9.79. The molecule has 0 amide bonds. The van der Waals surface area contributed by atoms with Crippen LogP contribution in [0.2, 0.25) is 10.0 Å². The molecule has 0 saturated heterocycles. The minimum absolute atomic E-state index is 0.0378. The van der Waals surface area contributed by atoms with E-state index in [0.29, 0.717) is 16.5 Å². The van der Waals surface area contributed by atoms with Gasteiger partial charge in [-0.15, -0.1) is 11.3 Å². The minimum atomic E-state index is -1.75. The zero-order valence-electron chi connectivity index (χ0n) is 9.92. The van der Waals surface area contributed by atoms with E-state index in [4.69, 9.17) is 28.9 Å². The summed E-state index contributed by atoms with van der Waals surface area (Å²) in [5.41, 5.74) is 8.68. The topological polar surface area (TPSA) is 104 Å². The SMILES string of the molecule is Nc1csc(NN=Cc2ccc(Cl)c(B(O)O)c2Cl)n1. The van der Waals surface area contributed by atoms with Gasteiger partial charge in [-0.2, -0.15) is 5.10 Å². The van der Waals surface area contributed by atoms with Crippen LogP contribution in [0, 0.1) is 0 Å². The maximum Gasteiger partial charge on any atom is 0.491 e. The summed E-state index contributed by atoms with van der Waals surface area (Å²) in [4.78, 5) is 3.96. The first-order valence-corrected chi connectivity index (χ1v) is 6.96. The number of hydrogen-bond donors (Lipinski definition) is 4. The van der Waals surface area contributed by atoms with Crippen LogP contribution >= 0.6 is 34.5 Å². The predicted octanol–water partition coefficient (Wildman–Crippen LogP) is 1.16. The van der Waals surface area contributed by atoms with Crippen LogP contribution in [-0.4, -0.2) is 28.4 Å². The fourth-order valence-electron chi connectivity index (χ4n) is 1.42. The standard InChI is InChI=1S/C10H9BCl2N4O2S/c12-6-2-1-5(9(13)8(6)11(18)19)3-15-17-10-16-7(14)4-20-10/h1-4,18-19H,14H2,(H,16,17). The molecule has 6 nitrogen and oxygen atoms in total. The number of aromatic nitrogens is 1. The Morgan fingerprint density at radius 1 is 1.40 bits per heavy atom. The molecule has 2 aromatic rings. The van der Waals surface area contributed by atoms with E-state index in [1.165, 1.54) is 23.6 Å². The Bertz CT molecular complexity index is 650. The fourth-order valence-corrected chi connectivity index (χ4v) is 2.58. The number of nitrogen functional groups attached to an aromatic ring is 1. The highest BCUT2D eigenvalue weighted by Crippen LogP contribution is 2.19. The van der Waals surface area contributed by atoms with Gasteiger partial charge in [0.15, 0.2) is 0 Å². The Hall–Kier alpha value is -1.32. The molecule has 1 aromatic heterocycles. The van der Waals surface area contributed by atoms with Gasteiger partial charge in [-0.1, -0.05) is 29.3 Å². The number of thiazole rings is 1. The molecule has 1 aromatic carbocycles. The average molecular weight is 331 g/mol. The maximum atomic E-state index is 9.22. The van der Waals surface area contributed by atoms with Crippen LogP contribution in [0.15, 0.2) is 22.6 Å². The van der Waals surface area contributed by atoms with E-state index in [1.807, 2.05) is 0 Å². The Labute approximate surface area is 129 Å². The highest BCUT2D eigenvalue weighted by Gasteiger charge is 2.20. The van der Waals surface area contributed by atoms with E-state index >= 15 is 0 Å². The number of rotatable bonds is 4. The largest absolute Gasteiger partial charge is 0.491 e. The molecule has 0 fully saturated rings. The zero-order chi connectivity index (χ0) is 14.7. The molecule has 0 atom stereocenters. The van der Waals surface area contributed by atoms with Crippen LogP contribution in [0.5, 0.6) is 0 Å². The highest BCUT2D eigenvalue weighted by atomic mass is 35.5. The molecule has 1 heterocycles. The van der Waals surface area contributed by atoms with Gasteiger partial charge in [0.05, 0.1) is 11.2 Å². The smallest absolute Gasteiger partial charge is 0.423 e. The second kappa shape index (κ2) is 6.42. The lowest BCUT2D eigenvalue weighted by Crippen LogP contribution is -2.32. The number of hydrogen-bond acceptors (Lipinski definition) is 7. The lowest BCUT2D eigenvalue weighted by molar-refractivity contribution is 0.426. The second-order valence-electron chi connectivity index (χ2n) is 3.69. The number of nitrogens with one attached hydrogen (secondary N) is 1. The van der Waals surface area contributed by atoms with Crippen molar-refractivity contribution in [1.29, 1.82) is 0 Å². The molecule has 0 bridgehead atoms. The Morgan fingerprint density at radius 2 is 2.15 bits per heavy atom. The molecular weight excluding hydrogens is 322 g/mol. The summed E-state index contributed by atoms with van der Waals surface area (Å²) >= 11 is 13.2. The first-order chi connectivity index (χ1) is 9.49. The van der Waals surface area contributed by atoms with Crippen LogP contribution in [0.1, 0.15) is 5.56 Å². The van der Waals surface area contributed by atoms with Crippen molar-refractivity contribution in [2.75, 3.05) is 11.2 Å². The first kappa shape index (κ1) is 15.1. The quantitative estimate of drug-likeness (QED) is 0.382. The van der Waals surface area contributed by atoms with Crippen LogP contribution < -0.4 is 16.6 Å². The van der Waals surface area contributed by atoms with Crippen molar-refractivity contribution in [3.63, 3.8) is 0 Å². The van der Waals surface area contributed by atoms with Crippen LogP contribution in [-0.2, 0) is 0 Å². The van der Waals surface area contributed by atoms with Gasteiger partial charge in [-0.05, 0) is 6.07 Å². The number of hydrazone groups is 1. The Balaban J connectivity index is 2.19. The van der Waals surface area contributed by atoms with Crippen molar-refractivity contribution in [2.24, 2.45) is 5.10 Å². The molecule has 20 heavy (non-hydrogen) atoms. The normalized spacial score (nSPS) is 11.0. The first-order valence-electron chi connectivity index (χ1n) is 5.33. The Morgan fingerprint density at radius 3 is 2.75 bits per heavy atom.